The van der Waals surface area contributed by atoms with Crippen molar-refractivity contribution in [2.75, 3.05) is 40.0 Å². The summed E-state index contributed by atoms with van der Waals surface area (Å²) in [5.74, 6) is 3.85. The second-order valence-corrected chi connectivity index (χ2v) is 7.65. The number of hydrogen-bond acceptors (Lipinski definition) is 6. The van der Waals surface area contributed by atoms with Gasteiger partial charge in [0.2, 0.25) is 0 Å². The molecule has 2 aromatic rings. The van der Waals surface area contributed by atoms with Gasteiger partial charge in [0.25, 0.3) is 0 Å². The normalized spacial score (nSPS) is 20.6. The highest BCUT2D eigenvalue weighted by molar-refractivity contribution is 5.49. The third-order valence-corrected chi connectivity index (χ3v) is 5.51. The van der Waals surface area contributed by atoms with Crippen molar-refractivity contribution >= 4 is 0 Å². The fourth-order valence-corrected chi connectivity index (χ4v) is 4.10. The van der Waals surface area contributed by atoms with Crippen LogP contribution in [0.3, 0.4) is 0 Å². The van der Waals surface area contributed by atoms with E-state index < -0.39 is 0 Å². The summed E-state index contributed by atoms with van der Waals surface area (Å²) in [6.07, 6.45) is 1.15. The van der Waals surface area contributed by atoms with E-state index in [1.807, 2.05) is 13.0 Å². The lowest BCUT2D eigenvalue weighted by atomic mass is 10.1. The third-order valence-electron chi connectivity index (χ3n) is 5.51. The van der Waals surface area contributed by atoms with E-state index in [1.165, 1.54) is 5.56 Å². The van der Waals surface area contributed by atoms with Gasteiger partial charge in [0.05, 0.1) is 26.4 Å². The zero-order chi connectivity index (χ0) is 19.5. The maximum atomic E-state index is 6.06. The van der Waals surface area contributed by atoms with Crippen molar-refractivity contribution in [1.29, 1.82) is 0 Å². The highest BCUT2D eigenvalue weighted by Crippen LogP contribution is 2.36. The molecule has 1 N–H and O–H groups in total. The molecule has 2 aliphatic rings. The van der Waals surface area contributed by atoms with Crippen LogP contribution in [0, 0.1) is 6.92 Å². The van der Waals surface area contributed by atoms with Gasteiger partial charge in [-0.25, -0.2) is 0 Å². The monoisotopic (exact) mass is 386 g/mol. The Hall–Kier alpha value is -2.02. The Morgan fingerprint density at radius 1 is 1.25 bits per heavy atom. The SMILES string of the molecule is COc1cc(CNCC(c2ccc(C)o2)N2CCOCC2)c2c(c1)CC(C)O2. The fourth-order valence-electron chi connectivity index (χ4n) is 4.10. The van der Waals surface area contributed by atoms with Gasteiger partial charge in [0.1, 0.15) is 29.1 Å². The van der Waals surface area contributed by atoms with Gasteiger partial charge in [-0.2, -0.15) is 0 Å². The molecule has 6 heteroatoms. The Labute approximate surface area is 166 Å². The number of nitrogens with one attached hydrogen (secondary N) is 1. The van der Waals surface area contributed by atoms with Crippen molar-refractivity contribution in [2.45, 2.75) is 39.0 Å². The van der Waals surface area contributed by atoms with Gasteiger partial charge in [-0.05, 0) is 38.1 Å². The van der Waals surface area contributed by atoms with E-state index >= 15 is 0 Å². The van der Waals surface area contributed by atoms with Gasteiger partial charge in [-0.3, -0.25) is 4.90 Å². The minimum absolute atomic E-state index is 0.191. The number of methoxy groups -OCH3 is 1. The average Bonchev–Trinajstić information content (AvgIpc) is 3.30. The first kappa shape index (κ1) is 19.3. The molecular weight excluding hydrogens is 356 g/mol. The maximum Gasteiger partial charge on any atom is 0.127 e. The quantitative estimate of drug-likeness (QED) is 0.789. The molecule has 1 aromatic heterocycles. The van der Waals surface area contributed by atoms with Crippen LogP contribution in [0.2, 0.25) is 0 Å². The van der Waals surface area contributed by atoms with Crippen LogP contribution in [0.1, 0.15) is 35.6 Å². The molecule has 0 aliphatic carbocycles. The molecule has 6 nitrogen and oxygen atoms in total. The first-order valence-electron chi connectivity index (χ1n) is 10.1. The van der Waals surface area contributed by atoms with Crippen molar-refractivity contribution in [3.8, 4) is 11.5 Å². The first-order valence-corrected chi connectivity index (χ1v) is 10.1. The lowest BCUT2D eigenvalue weighted by Gasteiger charge is -2.33. The van der Waals surface area contributed by atoms with E-state index in [0.717, 1.165) is 74.4 Å². The van der Waals surface area contributed by atoms with Crippen molar-refractivity contribution in [3.05, 3.63) is 46.9 Å². The Bertz CT molecular complexity index is 798. The molecule has 3 heterocycles. The molecule has 0 bridgehead atoms. The Morgan fingerprint density at radius 2 is 2.07 bits per heavy atom. The summed E-state index contributed by atoms with van der Waals surface area (Å²) in [4.78, 5) is 2.43. The molecule has 4 rings (SSSR count). The molecule has 1 aromatic carbocycles. The van der Waals surface area contributed by atoms with Crippen molar-refractivity contribution in [1.82, 2.24) is 10.2 Å². The van der Waals surface area contributed by atoms with Crippen LogP contribution in [0.25, 0.3) is 0 Å². The van der Waals surface area contributed by atoms with Gasteiger partial charge in [0.15, 0.2) is 0 Å². The number of benzene rings is 1. The summed E-state index contributed by atoms with van der Waals surface area (Å²) in [5, 5.41) is 3.62. The predicted octanol–water partition coefficient (Wildman–Crippen LogP) is 3.08. The molecular formula is C22H30N2O4. The number of furan rings is 1. The Balaban J connectivity index is 1.47. The van der Waals surface area contributed by atoms with Crippen molar-refractivity contribution in [2.24, 2.45) is 0 Å². The van der Waals surface area contributed by atoms with Crippen molar-refractivity contribution < 1.29 is 18.6 Å². The summed E-state index contributed by atoms with van der Waals surface area (Å²) >= 11 is 0. The molecule has 28 heavy (non-hydrogen) atoms. The molecule has 0 saturated carbocycles. The van der Waals surface area contributed by atoms with Crippen LogP contribution < -0.4 is 14.8 Å². The minimum atomic E-state index is 0.191. The van der Waals surface area contributed by atoms with Gasteiger partial charge >= 0.3 is 0 Å². The summed E-state index contributed by atoms with van der Waals surface area (Å²) in [7, 11) is 1.71. The number of morpholine rings is 1. The standard InChI is InChI=1S/C22H30N2O4/c1-15-4-5-21(27-15)20(24-6-8-26-9-7-24)14-23-13-18-12-19(25-3)11-17-10-16(2)28-22(17)18/h4-5,11-12,16,20,23H,6-10,13-14H2,1-3H3. The van der Waals surface area contributed by atoms with Crippen molar-refractivity contribution in [3.63, 3.8) is 0 Å². The van der Waals surface area contributed by atoms with Gasteiger partial charge < -0.3 is 23.9 Å². The second-order valence-electron chi connectivity index (χ2n) is 7.65. The van der Waals surface area contributed by atoms with Crippen LogP contribution in [0.4, 0.5) is 0 Å². The summed E-state index contributed by atoms with van der Waals surface area (Å²) in [5.41, 5.74) is 2.38. The molecule has 2 atom stereocenters. The zero-order valence-electron chi connectivity index (χ0n) is 17.0. The molecule has 2 unspecified atom stereocenters. The molecule has 1 saturated heterocycles. The molecule has 0 spiro atoms. The largest absolute Gasteiger partial charge is 0.497 e. The van der Waals surface area contributed by atoms with Crippen LogP contribution >= 0.6 is 0 Å². The lowest BCUT2D eigenvalue weighted by molar-refractivity contribution is 0.0115. The summed E-state index contributed by atoms with van der Waals surface area (Å²) in [6.45, 7) is 9.00. The number of hydrogen-bond donors (Lipinski definition) is 1. The van der Waals surface area contributed by atoms with E-state index in [2.05, 4.69) is 35.3 Å². The van der Waals surface area contributed by atoms with Crippen LogP contribution in [0.15, 0.2) is 28.7 Å². The molecule has 0 amide bonds. The van der Waals surface area contributed by atoms with E-state index in [-0.39, 0.29) is 12.1 Å². The van der Waals surface area contributed by atoms with E-state index in [9.17, 15) is 0 Å². The van der Waals surface area contributed by atoms with Gasteiger partial charge in [-0.15, -0.1) is 0 Å². The summed E-state index contributed by atoms with van der Waals surface area (Å²) in [6, 6.07) is 8.48. The highest BCUT2D eigenvalue weighted by Gasteiger charge is 2.26. The third kappa shape index (κ3) is 4.19. The smallest absolute Gasteiger partial charge is 0.127 e. The molecule has 0 radical (unpaired) electrons. The maximum absolute atomic E-state index is 6.06. The van der Waals surface area contributed by atoms with Gasteiger partial charge in [0, 0.05) is 43.7 Å². The Kier molecular flexibility index (Phi) is 5.90. The second kappa shape index (κ2) is 8.55. The fraction of sp³-hybridized carbons (Fsp3) is 0.545. The minimum Gasteiger partial charge on any atom is -0.497 e. The van der Waals surface area contributed by atoms with Crippen LogP contribution in [0.5, 0.6) is 11.5 Å². The molecule has 2 aliphatic heterocycles. The lowest BCUT2D eigenvalue weighted by Crippen LogP contribution is -2.42. The first-order chi connectivity index (χ1) is 13.6. The van der Waals surface area contributed by atoms with E-state index in [1.54, 1.807) is 7.11 Å². The molecule has 1 fully saturated rings. The predicted molar refractivity (Wildman–Crippen MR) is 107 cm³/mol. The number of rotatable bonds is 7. The number of fused-ring (bicyclic) bond motifs is 1. The number of ether oxygens (including phenoxy) is 3. The van der Waals surface area contributed by atoms with Crippen LogP contribution in [-0.4, -0.2) is 51.0 Å². The van der Waals surface area contributed by atoms with E-state index in [0.29, 0.717) is 0 Å². The number of nitrogens with zero attached hydrogens (tertiary/aromatic N) is 1. The highest BCUT2D eigenvalue weighted by atomic mass is 16.5. The van der Waals surface area contributed by atoms with Gasteiger partial charge in [-0.1, -0.05) is 0 Å². The summed E-state index contributed by atoms with van der Waals surface area (Å²) < 4.78 is 23.0. The van der Waals surface area contributed by atoms with E-state index in [4.69, 9.17) is 18.6 Å². The molecule has 152 valence electrons. The average molecular weight is 386 g/mol. The number of aryl methyl sites for hydroxylation is 1. The Morgan fingerprint density at radius 3 is 2.79 bits per heavy atom. The topological polar surface area (TPSA) is 56.1 Å². The zero-order valence-corrected chi connectivity index (χ0v) is 17.0. The van der Waals surface area contributed by atoms with Crippen LogP contribution in [-0.2, 0) is 17.7 Å².